The summed E-state index contributed by atoms with van der Waals surface area (Å²) in [5.74, 6) is 0. The summed E-state index contributed by atoms with van der Waals surface area (Å²) in [4.78, 5) is 0. The summed E-state index contributed by atoms with van der Waals surface area (Å²) < 4.78 is 0. The summed E-state index contributed by atoms with van der Waals surface area (Å²) in [5, 5.41) is 0. The zero-order chi connectivity index (χ0) is 7.66. The van der Waals surface area contributed by atoms with Crippen molar-refractivity contribution >= 4 is 0 Å². The topological polar surface area (TPSA) is 0 Å². The molecule has 0 fully saturated rings. The van der Waals surface area contributed by atoms with Crippen LogP contribution in [0.3, 0.4) is 0 Å². The Morgan fingerprint density at radius 1 is 1.00 bits per heavy atom. The van der Waals surface area contributed by atoms with Crippen molar-refractivity contribution in [3.05, 3.63) is 31.2 Å². The van der Waals surface area contributed by atoms with Crippen LogP contribution in [0.2, 0.25) is 0 Å². The van der Waals surface area contributed by atoms with Crippen LogP contribution in [0.5, 0.6) is 0 Å². The molecule has 0 aromatic heterocycles. The van der Waals surface area contributed by atoms with Gasteiger partial charge in [0.05, 0.1) is 0 Å². The van der Waals surface area contributed by atoms with Crippen LogP contribution in [0.1, 0.15) is 32.6 Å². The van der Waals surface area contributed by atoms with E-state index in [0.717, 1.165) is 12.8 Å². The number of hydrogen-bond acceptors (Lipinski definition) is 0. The summed E-state index contributed by atoms with van der Waals surface area (Å²) in [6.07, 6.45) is 13.2. The van der Waals surface area contributed by atoms with Gasteiger partial charge < -0.3 is 0 Å². The molecule has 0 aromatic rings. The minimum atomic E-state index is 1.13. The third-order valence-corrected chi connectivity index (χ3v) is 1.29. The Bertz CT molecular complexity index is 98.6. The number of allylic oxidation sites excluding steroid dienone is 4. The minimum Gasteiger partial charge on any atom is -0.0885 e. The highest BCUT2D eigenvalue weighted by Crippen LogP contribution is 1.95. The molecule has 57 valence electrons. The predicted molar refractivity (Wildman–Crippen MR) is 47.8 cm³/mol. The van der Waals surface area contributed by atoms with Gasteiger partial charge >= 0.3 is 0 Å². The molecule has 0 saturated heterocycles. The number of unbranched alkanes of at least 4 members (excludes halogenated alkanes) is 2. The Labute approximate surface area is 64.6 Å². The van der Waals surface area contributed by atoms with E-state index in [1.165, 1.54) is 12.8 Å². The number of hydrogen-bond donors (Lipinski definition) is 0. The molecule has 0 nitrogen and oxygen atoms in total. The van der Waals surface area contributed by atoms with Gasteiger partial charge in [-0.25, -0.2) is 0 Å². The molecule has 0 aliphatic rings. The van der Waals surface area contributed by atoms with Gasteiger partial charge in [0.15, 0.2) is 0 Å². The van der Waals surface area contributed by atoms with Crippen molar-refractivity contribution in [1.82, 2.24) is 0 Å². The maximum Gasteiger partial charge on any atom is -0.0316 e. The van der Waals surface area contributed by atoms with Crippen LogP contribution in [0, 0.1) is 6.92 Å². The molecule has 0 bridgehead atoms. The second-order valence-electron chi connectivity index (χ2n) is 2.31. The fourth-order valence-electron chi connectivity index (χ4n) is 0.713. The molecule has 0 rings (SSSR count). The van der Waals surface area contributed by atoms with E-state index in [4.69, 9.17) is 0 Å². The second kappa shape index (κ2) is 8.48. The molecule has 0 saturated carbocycles. The summed E-state index contributed by atoms with van der Waals surface area (Å²) in [7, 11) is 0. The molecule has 0 aliphatic heterocycles. The molecule has 0 aromatic carbocycles. The molecule has 0 atom stereocenters. The van der Waals surface area contributed by atoms with Gasteiger partial charge in [0.1, 0.15) is 0 Å². The summed E-state index contributed by atoms with van der Waals surface area (Å²) in [6.45, 7) is 5.81. The van der Waals surface area contributed by atoms with E-state index in [1.54, 1.807) is 0 Å². The van der Waals surface area contributed by atoms with E-state index in [-0.39, 0.29) is 0 Å². The summed E-state index contributed by atoms with van der Waals surface area (Å²) >= 11 is 0. The molecule has 1 radical (unpaired) electrons. The van der Waals surface area contributed by atoms with E-state index in [0.29, 0.717) is 0 Å². The van der Waals surface area contributed by atoms with Crippen LogP contribution in [-0.2, 0) is 0 Å². The molecule has 0 aliphatic carbocycles. The van der Waals surface area contributed by atoms with Crippen LogP contribution in [0.4, 0.5) is 0 Å². The molecular formula is C10H17. The van der Waals surface area contributed by atoms with Crippen molar-refractivity contribution < 1.29 is 0 Å². The van der Waals surface area contributed by atoms with E-state index in [2.05, 4.69) is 32.1 Å². The molecule has 10 heavy (non-hydrogen) atoms. The molecule has 0 amide bonds. The molecule has 0 unspecified atom stereocenters. The van der Waals surface area contributed by atoms with Crippen molar-refractivity contribution in [3.8, 4) is 0 Å². The summed E-state index contributed by atoms with van der Waals surface area (Å²) in [6, 6.07) is 0. The fourth-order valence-corrected chi connectivity index (χ4v) is 0.713. The Hall–Kier alpha value is -0.520. The van der Waals surface area contributed by atoms with Crippen molar-refractivity contribution in [2.75, 3.05) is 0 Å². The quantitative estimate of drug-likeness (QED) is 0.402. The Balaban J connectivity index is 3.02. The standard InChI is InChI=1S/C10H17/c1-3-5-7-9-10-8-6-4-2/h3,5,8,10H,1,4,6-7,9H2,2H3. The van der Waals surface area contributed by atoms with Gasteiger partial charge in [-0.05, 0) is 26.2 Å². The van der Waals surface area contributed by atoms with Crippen LogP contribution < -0.4 is 0 Å². The highest BCUT2D eigenvalue weighted by atomic mass is 13.8. The first-order chi connectivity index (χ1) is 4.91. The van der Waals surface area contributed by atoms with Crippen molar-refractivity contribution in [2.45, 2.75) is 32.6 Å². The van der Waals surface area contributed by atoms with Crippen molar-refractivity contribution in [1.29, 1.82) is 0 Å². The van der Waals surface area contributed by atoms with Crippen LogP contribution >= 0.6 is 0 Å². The molecule has 0 spiro atoms. The van der Waals surface area contributed by atoms with E-state index in [9.17, 15) is 0 Å². The zero-order valence-electron chi connectivity index (χ0n) is 6.84. The van der Waals surface area contributed by atoms with Gasteiger partial charge in [-0.15, -0.1) is 0 Å². The maximum absolute atomic E-state index is 3.62. The van der Waals surface area contributed by atoms with Crippen molar-refractivity contribution in [3.63, 3.8) is 0 Å². The van der Waals surface area contributed by atoms with Crippen molar-refractivity contribution in [2.24, 2.45) is 0 Å². The molecule has 0 heterocycles. The van der Waals surface area contributed by atoms with Gasteiger partial charge in [-0.2, -0.15) is 0 Å². The average Bonchev–Trinajstić information content (AvgIpc) is 1.97. The third kappa shape index (κ3) is 7.48. The SMILES string of the molecule is [CH2]C=CCCC=CCCC. The Morgan fingerprint density at radius 2 is 1.60 bits per heavy atom. The van der Waals surface area contributed by atoms with Gasteiger partial charge in [0, 0.05) is 0 Å². The van der Waals surface area contributed by atoms with Crippen LogP contribution in [0.15, 0.2) is 24.3 Å². The smallest absolute Gasteiger partial charge is 0.0316 e. The number of rotatable bonds is 5. The minimum absolute atomic E-state index is 1.13. The predicted octanol–water partition coefficient (Wildman–Crippen LogP) is 3.51. The highest BCUT2D eigenvalue weighted by molar-refractivity contribution is 4.88. The van der Waals surface area contributed by atoms with E-state index in [1.807, 2.05) is 6.08 Å². The first kappa shape index (κ1) is 9.48. The fraction of sp³-hybridized carbons (Fsp3) is 0.500. The zero-order valence-corrected chi connectivity index (χ0v) is 6.84. The first-order valence-electron chi connectivity index (χ1n) is 4.01. The van der Waals surface area contributed by atoms with Gasteiger partial charge in [0.25, 0.3) is 0 Å². The van der Waals surface area contributed by atoms with Crippen LogP contribution in [0.25, 0.3) is 0 Å². The normalized spacial score (nSPS) is 11.8. The lowest BCUT2D eigenvalue weighted by Gasteiger charge is -1.85. The average molecular weight is 137 g/mol. The summed E-state index contributed by atoms with van der Waals surface area (Å²) in [5.41, 5.74) is 0. The maximum atomic E-state index is 3.62. The Kier molecular flexibility index (Phi) is 8.04. The Morgan fingerprint density at radius 3 is 2.20 bits per heavy atom. The van der Waals surface area contributed by atoms with E-state index >= 15 is 0 Å². The third-order valence-electron chi connectivity index (χ3n) is 1.29. The highest BCUT2D eigenvalue weighted by Gasteiger charge is 1.74. The second-order valence-corrected chi connectivity index (χ2v) is 2.31. The lowest BCUT2D eigenvalue weighted by Crippen LogP contribution is -1.65. The van der Waals surface area contributed by atoms with Crippen LogP contribution in [-0.4, -0.2) is 0 Å². The lowest BCUT2D eigenvalue weighted by atomic mass is 10.2. The van der Waals surface area contributed by atoms with E-state index < -0.39 is 0 Å². The molecule has 0 N–H and O–H groups in total. The van der Waals surface area contributed by atoms with Gasteiger partial charge in [-0.1, -0.05) is 37.6 Å². The lowest BCUT2D eigenvalue weighted by molar-refractivity contribution is 0.943. The largest absolute Gasteiger partial charge is 0.0885 e. The molecule has 0 heteroatoms. The monoisotopic (exact) mass is 137 g/mol. The van der Waals surface area contributed by atoms with Gasteiger partial charge in [0.2, 0.25) is 0 Å². The first-order valence-corrected chi connectivity index (χ1v) is 4.01. The van der Waals surface area contributed by atoms with Gasteiger partial charge in [-0.3, -0.25) is 0 Å². The molecular weight excluding hydrogens is 120 g/mol.